The number of hydrogen-bond acceptors (Lipinski definition) is 6. The standard InChI is InChI=1S/C15H27N3O3/c1-15(2,12-5-4-7-16-11-12)14-17-13(18-21-14)6-8-20-10-9-19-3/h12,16H,4-11H2,1-3H3. The van der Waals surface area contributed by atoms with Crippen LogP contribution in [-0.4, -0.2) is 50.2 Å². The Morgan fingerprint density at radius 3 is 2.90 bits per heavy atom. The Hall–Kier alpha value is -0.980. The minimum Gasteiger partial charge on any atom is -0.382 e. The van der Waals surface area contributed by atoms with Crippen molar-refractivity contribution in [2.24, 2.45) is 5.92 Å². The van der Waals surface area contributed by atoms with Gasteiger partial charge in [-0.05, 0) is 31.8 Å². The topological polar surface area (TPSA) is 69.4 Å². The zero-order valence-corrected chi connectivity index (χ0v) is 13.4. The van der Waals surface area contributed by atoms with Crippen molar-refractivity contribution in [3.63, 3.8) is 0 Å². The lowest BCUT2D eigenvalue weighted by Gasteiger charge is -2.34. The first kappa shape index (κ1) is 16.4. The summed E-state index contributed by atoms with van der Waals surface area (Å²) in [6.45, 7) is 8.31. The van der Waals surface area contributed by atoms with Crippen LogP contribution < -0.4 is 5.32 Å². The minimum absolute atomic E-state index is 0.0877. The van der Waals surface area contributed by atoms with Crippen molar-refractivity contribution >= 4 is 0 Å². The van der Waals surface area contributed by atoms with E-state index in [9.17, 15) is 0 Å². The lowest BCUT2D eigenvalue weighted by Crippen LogP contribution is -2.40. The van der Waals surface area contributed by atoms with E-state index in [4.69, 9.17) is 14.0 Å². The quantitative estimate of drug-likeness (QED) is 0.734. The molecule has 120 valence electrons. The Kier molecular flexibility index (Phi) is 6.14. The summed E-state index contributed by atoms with van der Waals surface area (Å²) < 4.78 is 15.9. The van der Waals surface area contributed by atoms with Crippen molar-refractivity contribution in [1.82, 2.24) is 15.5 Å². The smallest absolute Gasteiger partial charge is 0.232 e. The molecule has 1 aromatic rings. The van der Waals surface area contributed by atoms with Crippen molar-refractivity contribution in [3.8, 4) is 0 Å². The fourth-order valence-electron chi connectivity index (χ4n) is 2.67. The molecule has 1 fully saturated rings. The molecule has 1 saturated heterocycles. The number of hydrogen-bond donors (Lipinski definition) is 1. The first-order valence-corrected chi connectivity index (χ1v) is 7.75. The van der Waals surface area contributed by atoms with Crippen molar-refractivity contribution in [2.45, 2.75) is 38.5 Å². The number of nitrogens with one attached hydrogen (secondary N) is 1. The van der Waals surface area contributed by atoms with Gasteiger partial charge in [-0.1, -0.05) is 19.0 Å². The maximum atomic E-state index is 5.49. The fourth-order valence-corrected chi connectivity index (χ4v) is 2.67. The van der Waals surface area contributed by atoms with Crippen LogP contribution in [0.5, 0.6) is 0 Å². The fraction of sp³-hybridized carbons (Fsp3) is 0.867. The highest BCUT2D eigenvalue weighted by Crippen LogP contribution is 2.34. The summed E-state index contributed by atoms with van der Waals surface area (Å²) >= 11 is 0. The summed E-state index contributed by atoms with van der Waals surface area (Å²) in [5.41, 5.74) is -0.0877. The molecule has 1 atom stereocenters. The van der Waals surface area contributed by atoms with Gasteiger partial charge in [-0.2, -0.15) is 4.98 Å². The van der Waals surface area contributed by atoms with Crippen LogP contribution >= 0.6 is 0 Å². The third-order valence-electron chi connectivity index (χ3n) is 4.24. The average molecular weight is 297 g/mol. The molecule has 1 aliphatic rings. The molecule has 0 saturated carbocycles. The third kappa shape index (κ3) is 4.49. The molecule has 0 spiro atoms. The highest BCUT2D eigenvalue weighted by Gasteiger charge is 2.37. The third-order valence-corrected chi connectivity index (χ3v) is 4.24. The van der Waals surface area contributed by atoms with E-state index >= 15 is 0 Å². The first-order chi connectivity index (χ1) is 10.1. The second kappa shape index (κ2) is 7.87. The maximum Gasteiger partial charge on any atom is 0.232 e. The maximum absolute atomic E-state index is 5.49. The predicted octanol–water partition coefficient (Wildman–Crippen LogP) is 1.55. The van der Waals surface area contributed by atoms with Gasteiger partial charge in [-0.25, -0.2) is 0 Å². The van der Waals surface area contributed by atoms with Gasteiger partial charge in [0, 0.05) is 18.9 Å². The molecule has 1 aliphatic heterocycles. The van der Waals surface area contributed by atoms with Crippen LogP contribution in [0.4, 0.5) is 0 Å². The van der Waals surface area contributed by atoms with E-state index in [1.807, 2.05) is 0 Å². The van der Waals surface area contributed by atoms with E-state index in [0.717, 1.165) is 24.8 Å². The van der Waals surface area contributed by atoms with E-state index in [2.05, 4.69) is 29.3 Å². The van der Waals surface area contributed by atoms with Gasteiger partial charge in [0.25, 0.3) is 0 Å². The molecule has 2 heterocycles. The molecule has 0 aliphatic carbocycles. The number of piperidine rings is 1. The van der Waals surface area contributed by atoms with Gasteiger partial charge < -0.3 is 19.3 Å². The summed E-state index contributed by atoms with van der Waals surface area (Å²) in [5.74, 6) is 2.00. The molecule has 6 nitrogen and oxygen atoms in total. The molecule has 1 N–H and O–H groups in total. The van der Waals surface area contributed by atoms with Crippen molar-refractivity contribution in [1.29, 1.82) is 0 Å². The molecule has 0 bridgehead atoms. The Morgan fingerprint density at radius 1 is 1.33 bits per heavy atom. The van der Waals surface area contributed by atoms with E-state index < -0.39 is 0 Å². The number of ether oxygens (including phenoxy) is 2. The summed E-state index contributed by atoms with van der Waals surface area (Å²) in [7, 11) is 1.66. The molecule has 0 radical (unpaired) electrons. The number of nitrogens with zero attached hydrogens (tertiary/aromatic N) is 2. The van der Waals surface area contributed by atoms with Crippen LogP contribution in [-0.2, 0) is 21.3 Å². The minimum atomic E-state index is -0.0877. The zero-order valence-electron chi connectivity index (χ0n) is 13.4. The van der Waals surface area contributed by atoms with Gasteiger partial charge >= 0.3 is 0 Å². The SMILES string of the molecule is COCCOCCc1noc(C(C)(C)C2CCCNC2)n1. The molecule has 0 aromatic carbocycles. The van der Waals surface area contributed by atoms with Crippen LogP contribution in [0.25, 0.3) is 0 Å². The largest absolute Gasteiger partial charge is 0.382 e. The van der Waals surface area contributed by atoms with Crippen molar-refractivity contribution in [3.05, 3.63) is 11.7 Å². The summed E-state index contributed by atoms with van der Waals surface area (Å²) in [6, 6.07) is 0. The normalized spacial score (nSPS) is 19.9. The van der Waals surface area contributed by atoms with Crippen LogP contribution in [0.3, 0.4) is 0 Å². The summed E-state index contributed by atoms with van der Waals surface area (Å²) in [4.78, 5) is 4.56. The van der Waals surface area contributed by atoms with Gasteiger partial charge in [0.05, 0.1) is 19.8 Å². The second-order valence-corrected chi connectivity index (χ2v) is 6.14. The second-order valence-electron chi connectivity index (χ2n) is 6.14. The zero-order chi connectivity index (χ0) is 15.1. The van der Waals surface area contributed by atoms with Gasteiger partial charge in [-0.3, -0.25) is 0 Å². The Labute approximate surface area is 126 Å². The predicted molar refractivity (Wildman–Crippen MR) is 79.3 cm³/mol. The highest BCUT2D eigenvalue weighted by atomic mass is 16.5. The average Bonchev–Trinajstić information content (AvgIpc) is 2.98. The molecule has 6 heteroatoms. The van der Waals surface area contributed by atoms with E-state index in [1.165, 1.54) is 12.8 Å². The van der Waals surface area contributed by atoms with Crippen LogP contribution in [0.1, 0.15) is 38.4 Å². The molecular formula is C15H27N3O3. The van der Waals surface area contributed by atoms with Gasteiger partial charge in [0.2, 0.25) is 5.89 Å². The summed E-state index contributed by atoms with van der Waals surface area (Å²) in [6.07, 6.45) is 3.09. The molecule has 1 unspecified atom stereocenters. The highest BCUT2D eigenvalue weighted by molar-refractivity contribution is 5.05. The number of rotatable bonds is 8. The lowest BCUT2D eigenvalue weighted by atomic mass is 9.75. The molecule has 1 aromatic heterocycles. The van der Waals surface area contributed by atoms with Crippen molar-refractivity contribution in [2.75, 3.05) is 40.0 Å². The van der Waals surface area contributed by atoms with Gasteiger partial charge in [-0.15, -0.1) is 0 Å². The Balaban J connectivity index is 1.86. The van der Waals surface area contributed by atoms with E-state index in [0.29, 0.717) is 32.2 Å². The lowest BCUT2D eigenvalue weighted by molar-refractivity contribution is 0.0714. The molecule has 0 amide bonds. The number of methoxy groups -OCH3 is 1. The van der Waals surface area contributed by atoms with E-state index in [-0.39, 0.29) is 5.41 Å². The summed E-state index contributed by atoms with van der Waals surface area (Å²) in [5, 5.41) is 7.53. The van der Waals surface area contributed by atoms with Gasteiger partial charge in [0.15, 0.2) is 5.82 Å². The first-order valence-electron chi connectivity index (χ1n) is 7.75. The van der Waals surface area contributed by atoms with Gasteiger partial charge in [0.1, 0.15) is 0 Å². The Bertz CT molecular complexity index is 414. The number of aromatic nitrogens is 2. The Morgan fingerprint density at radius 2 is 2.19 bits per heavy atom. The molecule has 21 heavy (non-hydrogen) atoms. The van der Waals surface area contributed by atoms with Crippen molar-refractivity contribution < 1.29 is 14.0 Å². The molecule has 2 rings (SSSR count). The van der Waals surface area contributed by atoms with Crippen LogP contribution in [0, 0.1) is 5.92 Å². The monoisotopic (exact) mass is 297 g/mol. The van der Waals surface area contributed by atoms with Crippen LogP contribution in [0.2, 0.25) is 0 Å². The van der Waals surface area contributed by atoms with Crippen LogP contribution in [0.15, 0.2) is 4.52 Å². The molecular weight excluding hydrogens is 270 g/mol. The van der Waals surface area contributed by atoms with E-state index in [1.54, 1.807) is 7.11 Å².